The fourth-order valence-electron chi connectivity index (χ4n) is 2.70. The summed E-state index contributed by atoms with van der Waals surface area (Å²) < 4.78 is 0. The Morgan fingerprint density at radius 2 is 0.625 bits per heavy atom. The molecular formula is C24H36. The lowest BCUT2D eigenvalue weighted by Gasteiger charge is -2.22. The minimum atomic E-state index is 1.02. The minimum Gasteiger partial charge on any atom is -0.0625 e. The van der Waals surface area contributed by atoms with Crippen molar-refractivity contribution >= 4 is 0 Å². The van der Waals surface area contributed by atoms with Gasteiger partial charge in [0.15, 0.2) is 0 Å². The van der Waals surface area contributed by atoms with Gasteiger partial charge >= 0.3 is 0 Å². The van der Waals surface area contributed by atoms with Gasteiger partial charge in [0.05, 0.1) is 0 Å². The first kappa shape index (κ1) is 20.5. The summed E-state index contributed by atoms with van der Waals surface area (Å²) in [6.45, 7) is 13.1. The first-order valence-electron chi connectivity index (χ1n) is 9.43. The summed E-state index contributed by atoms with van der Waals surface area (Å²) in [6.07, 6.45) is 5.89. The topological polar surface area (TPSA) is 0 Å². The Morgan fingerprint density at radius 1 is 0.458 bits per heavy atom. The summed E-state index contributed by atoms with van der Waals surface area (Å²) in [7, 11) is 0. The van der Waals surface area contributed by atoms with Gasteiger partial charge in [0.25, 0.3) is 0 Å². The summed E-state index contributed by atoms with van der Waals surface area (Å²) in [5.74, 6) is 2.04. The van der Waals surface area contributed by atoms with E-state index in [1.54, 1.807) is 0 Å². The van der Waals surface area contributed by atoms with E-state index in [-0.39, 0.29) is 0 Å². The number of hydrogen-bond donors (Lipinski definition) is 0. The highest BCUT2D eigenvalue weighted by Gasteiger charge is 2.13. The molecule has 0 atom stereocenters. The lowest BCUT2D eigenvalue weighted by Crippen LogP contribution is -2.08. The zero-order valence-corrected chi connectivity index (χ0v) is 16.6. The van der Waals surface area contributed by atoms with Crippen molar-refractivity contribution in [2.45, 2.75) is 67.2 Å². The molecule has 1 fully saturated rings. The minimum absolute atomic E-state index is 1.02. The Bertz CT molecular complexity index is 444. The predicted octanol–water partition coefficient (Wildman–Crippen LogP) is 7.44. The van der Waals surface area contributed by atoms with Crippen LogP contribution in [0.3, 0.4) is 0 Å². The van der Waals surface area contributed by atoms with Gasteiger partial charge < -0.3 is 0 Å². The van der Waals surface area contributed by atoms with Gasteiger partial charge in [0.1, 0.15) is 0 Å². The zero-order chi connectivity index (χ0) is 17.9. The highest BCUT2D eigenvalue weighted by atomic mass is 14.2. The van der Waals surface area contributed by atoms with Gasteiger partial charge in [0.2, 0.25) is 0 Å². The Balaban J connectivity index is 0.000000180. The molecule has 0 aromatic heterocycles. The summed E-state index contributed by atoms with van der Waals surface area (Å²) in [5, 5.41) is 0. The van der Waals surface area contributed by atoms with Crippen molar-refractivity contribution in [1.82, 2.24) is 0 Å². The van der Waals surface area contributed by atoms with E-state index >= 15 is 0 Å². The standard InChI is InChI=1S/C8H16.2C8H10/c3*1-7-3-5-8(2)6-4-7/h7-8H,3-6H2,1-2H3;2*3-6H,1-2H3. The molecule has 0 spiro atoms. The average molecular weight is 325 g/mol. The van der Waals surface area contributed by atoms with Crippen LogP contribution in [0.5, 0.6) is 0 Å². The molecular weight excluding hydrogens is 288 g/mol. The fourth-order valence-corrected chi connectivity index (χ4v) is 2.70. The largest absolute Gasteiger partial charge is 0.0625 e. The van der Waals surface area contributed by atoms with E-state index < -0.39 is 0 Å². The van der Waals surface area contributed by atoms with Crippen molar-refractivity contribution in [3.8, 4) is 0 Å². The SMILES string of the molecule is CC1CCC(C)CC1.Cc1ccc(C)cc1.Cc1ccc(C)cc1. The number of aryl methyl sites for hydroxylation is 4. The Morgan fingerprint density at radius 3 is 0.792 bits per heavy atom. The maximum Gasteiger partial charge on any atom is -0.0398 e. The summed E-state index contributed by atoms with van der Waals surface area (Å²) in [4.78, 5) is 0. The molecule has 132 valence electrons. The van der Waals surface area contributed by atoms with Crippen LogP contribution in [0, 0.1) is 39.5 Å². The molecule has 1 aliphatic carbocycles. The lowest BCUT2D eigenvalue weighted by molar-refractivity contribution is 0.308. The van der Waals surface area contributed by atoms with Crippen LogP contribution >= 0.6 is 0 Å². The highest BCUT2D eigenvalue weighted by molar-refractivity contribution is 5.20. The molecule has 24 heavy (non-hydrogen) atoms. The van der Waals surface area contributed by atoms with Gasteiger partial charge in [-0.15, -0.1) is 0 Å². The van der Waals surface area contributed by atoms with Crippen LogP contribution in [0.25, 0.3) is 0 Å². The predicted molar refractivity (Wildman–Crippen MR) is 109 cm³/mol. The molecule has 0 unspecified atom stereocenters. The van der Waals surface area contributed by atoms with Crippen molar-refractivity contribution in [1.29, 1.82) is 0 Å². The molecule has 0 nitrogen and oxygen atoms in total. The van der Waals surface area contributed by atoms with Crippen LogP contribution in [-0.2, 0) is 0 Å². The summed E-state index contributed by atoms with van der Waals surface area (Å²) in [5.41, 5.74) is 5.32. The molecule has 0 heteroatoms. The van der Waals surface area contributed by atoms with E-state index in [1.807, 2.05) is 0 Å². The van der Waals surface area contributed by atoms with Gasteiger partial charge in [-0.2, -0.15) is 0 Å². The molecule has 0 bridgehead atoms. The van der Waals surface area contributed by atoms with Crippen LogP contribution in [0.1, 0.15) is 61.8 Å². The molecule has 0 amide bonds. The molecule has 0 radical (unpaired) electrons. The first-order valence-corrected chi connectivity index (χ1v) is 9.43. The molecule has 2 aromatic carbocycles. The summed E-state index contributed by atoms with van der Waals surface area (Å²) >= 11 is 0. The van der Waals surface area contributed by atoms with Gasteiger partial charge in [-0.3, -0.25) is 0 Å². The van der Waals surface area contributed by atoms with Gasteiger partial charge in [-0.05, 0) is 39.5 Å². The Hall–Kier alpha value is -1.56. The number of benzene rings is 2. The van der Waals surface area contributed by atoms with Crippen molar-refractivity contribution in [2.24, 2.45) is 11.8 Å². The third kappa shape index (κ3) is 9.55. The molecule has 0 aliphatic heterocycles. The van der Waals surface area contributed by atoms with Gasteiger partial charge in [-0.1, -0.05) is 110 Å². The van der Waals surface area contributed by atoms with E-state index in [4.69, 9.17) is 0 Å². The molecule has 0 heterocycles. The monoisotopic (exact) mass is 324 g/mol. The number of hydrogen-bond acceptors (Lipinski definition) is 0. The Kier molecular flexibility index (Phi) is 9.45. The van der Waals surface area contributed by atoms with E-state index in [9.17, 15) is 0 Å². The third-order valence-corrected chi connectivity index (χ3v) is 4.74. The summed E-state index contributed by atoms with van der Waals surface area (Å²) in [6, 6.07) is 17.0. The maximum atomic E-state index is 2.37. The van der Waals surface area contributed by atoms with Crippen molar-refractivity contribution in [2.75, 3.05) is 0 Å². The second kappa shape index (κ2) is 11.1. The molecule has 1 saturated carbocycles. The molecule has 0 saturated heterocycles. The maximum absolute atomic E-state index is 2.37. The van der Waals surface area contributed by atoms with Gasteiger partial charge in [0, 0.05) is 0 Å². The van der Waals surface area contributed by atoms with Crippen molar-refractivity contribution < 1.29 is 0 Å². The van der Waals surface area contributed by atoms with Crippen LogP contribution in [-0.4, -0.2) is 0 Å². The van der Waals surface area contributed by atoms with E-state index in [2.05, 4.69) is 90.1 Å². The number of rotatable bonds is 0. The fraction of sp³-hybridized carbons (Fsp3) is 0.500. The van der Waals surface area contributed by atoms with Gasteiger partial charge in [-0.25, -0.2) is 0 Å². The molecule has 2 aromatic rings. The first-order chi connectivity index (χ1) is 11.4. The second-order valence-corrected chi connectivity index (χ2v) is 7.67. The van der Waals surface area contributed by atoms with Crippen LogP contribution in [0.15, 0.2) is 48.5 Å². The van der Waals surface area contributed by atoms with Crippen LogP contribution in [0.4, 0.5) is 0 Å². The van der Waals surface area contributed by atoms with Crippen LogP contribution < -0.4 is 0 Å². The quantitative estimate of drug-likeness (QED) is 0.472. The van der Waals surface area contributed by atoms with Crippen LogP contribution in [0.2, 0.25) is 0 Å². The van der Waals surface area contributed by atoms with E-state index in [0.29, 0.717) is 0 Å². The zero-order valence-electron chi connectivity index (χ0n) is 16.6. The normalized spacial score (nSPS) is 19.4. The molecule has 1 aliphatic rings. The second-order valence-electron chi connectivity index (χ2n) is 7.67. The average Bonchev–Trinajstić information content (AvgIpc) is 2.57. The van der Waals surface area contributed by atoms with Crippen molar-refractivity contribution in [3.63, 3.8) is 0 Å². The van der Waals surface area contributed by atoms with Crippen molar-refractivity contribution in [3.05, 3.63) is 70.8 Å². The van der Waals surface area contributed by atoms with E-state index in [1.165, 1.54) is 47.9 Å². The third-order valence-electron chi connectivity index (χ3n) is 4.74. The highest BCUT2D eigenvalue weighted by Crippen LogP contribution is 2.27. The Labute approximate surface area is 150 Å². The molecule has 3 rings (SSSR count). The molecule has 0 N–H and O–H groups in total. The smallest absolute Gasteiger partial charge is 0.0398 e. The van der Waals surface area contributed by atoms with E-state index in [0.717, 1.165) is 11.8 Å². The lowest BCUT2D eigenvalue weighted by atomic mass is 9.84.